The minimum atomic E-state index is -0.388. The van der Waals surface area contributed by atoms with Gasteiger partial charge in [-0.05, 0) is 37.6 Å². The topological polar surface area (TPSA) is 73.2 Å². The van der Waals surface area contributed by atoms with Gasteiger partial charge in [-0.1, -0.05) is 12.1 Å². The van der Waals surface area contributed by atoms with E-state index >= 15 is 0 Å². The van der Waals surface area contributed by atoms with E-state index in [1.165, 1.54) is 13.2 Å². The molecule has 1 amide bonds. The first-order valence-corrected chi connectivity index (χ1v) is 7.10. The van der Waals surface area contributed by atoms with E-state index in [1.807, 2.05) is 20.9 Å². The Morgan fingerprint density at radius 1 is 1.22 bits per heavy atom. The molecule has 1 heterocycles. The van der Waals surface area contributed by atoms with Crippen LogP contribution in [0.1, 0.15) is 27.3 Å². The van der Waals surface area contributed by atoms with Crippen molar-refractivity contribution in [3.8, 4) is 0 Å². The predicted octanol–water partition coefficient (Wildman–Crippen LogP) is 2.48. The fourth-order valence-electron chi connectivity index (χ4n) is 2.14. The zero-order valence-electron chi connectivity index (χ0n) is 13.6. The molecule has 0 atom stereocenters. The Balaban J connectivity index is 2.05. The molecule has 0 saturated heterocycles. The summed E-state index contributed by atoms with van der Waals surface area (Å²) in [4.78, 5) is 23.4. The summed E-state index contributed by atoms with van der Waals surface area (Å²) in [6.45, 7) is 3.74. The zero-order chi connectivity index (χ0) is 17.0. The summed E-state index contributed by atoms with van der Waals surface area (Å²) in [5, 5.41) is 7.08. The predicted molar refractivity (Wildman–Crippen MR) is 88.1 cm³/mol. The maximum atomic E-state index is 12.0. The Kier molecular flexibility index (Phi) is 4.95. The molecular formula is C17H19N3O3. The van der Waals surface area contributed by atoms with Crippen molar-refractivity contribution in [3.63, 3.8) is 0 Å². The summed E-state index contributed by atoms with van der Waals surface area (Å²) >= 11 is 0. The lowest BCUT2D eigenvalue weighted by atomic mass is 10.1. The lowest BCUT2D eigenvalue weighted by Gasteiger charge is -2.02. The first kappa shape index (κ1) is 16.5. The van der Waals surface area contributed by atoms with Gasteiger partial charge in [0, 0.05) is 13.1 Å². The molecule has 1 aromatic heterocycles. The number of aryl methyl sites for hydroxylation is 2. The van der Waals surface area contributed by atoms with Crippen LogP contribution >= 0.6 is 0 Å². The van der Waals surface area contributed by atoms with Crippen molar-refractivity contribution < 1.29 is 14.3 Å². The highest BCUT2D eigenvalue weighted by molar-refractivity contribution is 6.02. The Hall–Kier alpha value is -2.89. The smallest absolute Gasteiger partial charge is 0.337 e. The van der Waals surface area contributed by atoms with Crippen LogP contribution in [0.15, 0.2) is 30.3 Å². The van der Waals surface area contributed by atoms with Crippen molar-refractivity contribution in [2.75, 3.05) is 12.4 Å². The number of nitrogens with one attached hydrogen (secondary N) is 1. The Labute approximate surface area is 134 Å². The molecule has 0 spiro atoms. The molecule has 0 unspecified atom stereocenters. The van der Waals surface area contributed by atoms with Gasteiger partial charge in [0.2, 0.25) is 5.91 Å². The van der Waals surface area contributed by atoms with Crippen LogP contribution in [-0.4, -0.2) is 28.8 Å². The molecule has 0 aliphatic carbocycles. The first-order chi connectivity index (χ1) is 10.9. The Morgan fingerprint density at radius 2 is 1.87 bits per heavy atom. The first-order valence-electron chi connectivity index (χ1n) is 7.10. The number of anilines is 1. The second-order valence-electron chi connectivity index (χ2n) is 5.11. The molecule has 0 aliphatic heterocycles. The number of carbonyl (C=O) groups excluding carboxylic acids is 2. The summed E-state index contributed by atoms with van der Waals surface area (Å²) < 4.78 is 6.36. The van der Waals surface area contributed by atoms with Crippen LogP contribution in [0, 0.1) is 13.8 Å². The van der Waals surface area contributed by atoms with E-state index in [1.54, 1.807) is 35.0 Å². The Morgan fingerprint density at radius 3 is 2.39 bits per heavy atom. The fraction of sp³-hybridized carbons (Fsp3) is 0.235. The highest BCUT2D eigenvalue weighted by Gasteiger charge is 2.10. The molecule has 0 radical (unpaired) electrons. The summed E-state index contributed by atoms with van der Waals surface area (Å²) in [5.74, 6) is -0.623. The number of hydrogen-bond acceptors (Lipinski definition) is 4. The van der Waals surface area contributed by atoms with Crippen LogP contribution in [-0.2, 0) is 16.6 Å². The van der Waals surface area contributed by atoms with Gasteiger partial charge in [-0.25, -0.2) is 4.79 Å². The van der Waals surface area contributed by atoms with Crippen LogP contribution in [0.3, 0.4) is 0 Å². The average Bonchev–Trinajstić information content (AvgIpc) is 2.79. The molecule has 120 valence electrons. The van der Waals surface area contributed by atoms with Gasteiger partial charge in [-0.15, -0.1) is 0 Å². The van der Waals surface area contributed by atoms with E-state index in [9.17, 15) is 9.59 Å². The number of rotatable bonds is 4. The molecule has 1 N–H and O–H groups in total. The van der Waals surface area contributed by atoms with E-state index in [2.05, 4.69) is 15.2 Å². The number of nitrogens with zero attached hydrogens (tertiary/aromatic N) is 2. The number of aromatic nitrogens is 2. The fourth-order valence-corrected chi connectivity index (χ4v) is 2.14. The second-order valence-corrected chi connectivity index (χ2v) is 5.11. The van der Waals surface area contributed by atoms with Crippen molar-refractivity contribution in [2.45, 2.75) is 13.8 Å². The van der Waals surface area contributed by atoms with Gasteiger partial charge in [0.05, 0.1) is 29.7 Å². The molecule has 2 rings (SSSR count). The lowest BCUT2D eigenvalue weighted by Crippen LogP contribution is -2.09. The van der Waals surface area contributed by atoms with Gasteiger partial charge in [-0.2, -0.15) is 5.10 Å². The number of amides is 1. The molecular weight excluding hydrogens is 294 g/mol. The van der Waals surface area contributed by atoms with E-state index in [4.69, 9.17) is 0 Å². The molecule has 0 bridgehead atoms. The zero-order valence-corrected chi connectivity index (χ0v) is 13.6. The highest BCUT2D eigenvalue weighted by atomic mass is 16.5. The van der Waals surface area contributed by atoms with Gasteiger partial charge in [0.15, 0.2) is 0 Å². The third-order valence-electron chi connectivity index (χ3n) is 3.52. The summed E-state index contributed by atoms with van der Waals surface area (Å²) in [6.07, 6.45) is 3.12. The molecule has 1 aromatic carbocycles. The minimum Gasteiger partial charge on any atom is -0.465 e. The van der Waals surface area contributed by atoms with Gasteiger partial charge in [-0.3, -0.25) is 9.48 Å². The highest BCUT2D eigenvalue weighted by Crippen LogP contribution is 2.18. The number of carbonyl (C=O) groups is 2. The van der Waals surface area contributed by atoms with E-state index < -0.39 is 0 Å². The van der Waals surface area contributed by atoms with E-state index in [0.717, 1.165) is 22.6 Å². The van der Waals surface area contributed by atoms with Crippen LogP contribution < -0.4 is 5.32 Å². The summed E-state index contributed by atoms with van der Waals surface area (Å²) in [7, 11) is 3.17. The lowest BCUT2D eigenvalue weighted by molar-refractivity contribution is -0.111. The van der Waals surface area contributed by atoms with Crippen LogP contribution in [0.2, 0.25) is 0 Å². The molecule has 2 aromatic rings. The van der Waals surface area contributed by atoms with Crippen molar-refractivity contribution in [1.29, 1.82) is 0 Å². The molecule has 0 aliphatic rings. The number of esters is 1. The molecule has 0 fully saturated rings. The number of hydrogen-bond donors (Lipinski definition) is 1. The largest absolute Gasteiger partial charge is 0.465 e. The normalized spacial score (nSPS) is 10.8. The van der Waals surface area contributed by atoms with Crippen LogP contribution in [0.4, 0.5) is 5.69 Å². The van der Waals surface area contributed by atoms with E-state index in [-0.39, 0.29) is 11.9 Å². The third-order valence-corrected chi connectivity index (χ3v) is 3.52. The quantitative estimate of drug-likeness (QED) is 0.695. The van der Waals surface area contributed by atoms with Crippen molar-refractivity contribution >= 4 is 23.6 Å². The van der Waals surface area contributed by atoms with E-state index in [0.29, 0.717) is 5.56 Å². The van der Waals surface area contributed by atoms with Gasteiger partial charge in [0.1, 0.15) is 0 Å². The Bertz CT molecular complexity index is 758. The second kappa shape index (κ2) is 6.91. The maximum absolute atomic E-state index is 12.0. The third kappa shape index (κ3) is 3.85. The molecule has 6 nitrogen and oxygen atoms in total. The SMILES string of the molecule is COC(=O)c1ccc(/C=C/C(=O)Nc2c(C)nn(C)c2C)cc1. The van der Waals surface area contributed by atoms with Crippen LogP contribution in [0.25, 0.3) is 6.08 Å². The number of benzene rings is 1. The molecule has 23 heavy (non-hydrogen) atoms. The monoisotopic (exact) mass is 313 g/mol. The van der Waals surface area contributed by atoms with Crippen molar-refractivity contribution in [1.82, 2.24) is 9.78 Å². The summed E-state index contributed by atoms with van der Waals surface area (Å²) in [5.41, 5.74) is 3.67. The molecule has 0 saturated carbocycles. The van der Waals surface area contributed by atoms with Crippen molar-refractivity contribution in [3.05, 3.63) is 52.9 Å². The van der Waals surface area contributed by atoms with Gasteiger partial charge >= 0.3 is 5.97 Å². The van der Waals surface area contributed by atoms with Crippen LogP contribution in [0.5, 0.6) is 0 Å². The standard InChI is InChI=1S/C17H19N3O3/c1-11-16(12(2)20(3)19-11)18-15(21)10-7-13-5-8-14(9-6-13)17(22)23-4/h5-10H,1-4H3,(H,18,21)/b10-7+. The van der Waals surface area contributed by atoms with Gasteiger partial charge < -0.3 is 10.1 Å². The summed E-state index contributed by atoms with van der Waals surface area (Å²) in [6, 6.07) is 6.80. The minimum absolute atomic E-state index is 0.235. The number of ether oxygens (including phenoxy) is 1. The maximum Gasteiger partial charge on any atom is 0.337 e. The average molecular weight is 313 g/mol. The molecule has 6 heteroatoms. The van der Waals surface area contributed by atoms with Gasteiger partial charge in [0.25, 0.3) is 0 Å². The van der Waals surface area contributed by atoms with Crippen molar-refractivity contribution in [2.24, 2.45) is 7.05 Å². The number of methoxy groups -OCH3 is 1.